The van der Waals surface area contributed by atoms with Crippen LogP contribution in [0.5, 0.6) is 0 Å². The summed E-state index contributed by atoms with van der Waals surface area (Å²) in [6.07, 6.45) is 4.77. The predicted molar refractivity (Wildman–Crippen MR) is 80.3 cm³/mol. The Morgan fingerprint density at radius 2 is 1.45 bits per heavy atom. The standard InChI is InChI=1S/C15H27N3O2/c1-14(2,3)18(15(4,5)6)13(10-17-12-20)8-7-9-16-11-19/h13H,7-10H2,1-6H3. The Hall–Kier alpha value is -1.28. The van der Waals surface area contributed by atoms with Gasteiger partial charge in [-0.3, -0.25) is 4.90 Å². The van der Waals surface area contributed by atoms with Crippen molar-refractivity contribution in [1.29, 1.82) is 0 Å². The van der Waals surface area contributed by atoms with Gasteiger partial charge in [-0.05, 0) is 54.4 Å². The number of hydrogen-bond acceptors (Lipinski definition) is 5. The van der Waals surface area contributed by atoms with Crippen molar-refractivity contribution in [2.75, 3.05) is 13.1 Å². The Kier molecular flexibility index (Phi) is 7.59. The van der Waals surface area contributed by atoms with Crippen molar-refractivity contribution >= 4 is 12.2 Å². The molecule has 0 N–H and O–H groups in total. The summed E-state index contributed by atoms with van der Waals surface area (Å²) in [5, 5.41) is 0. The highest BCUT2D eigenvalue weighted by atomic mass is 16.1. The average Bonchev–Trinajstić information content (AvgIpc) is 2.27. The van der Waals surface area contributed by atoms with Crippen LogP contribution in [-0.2, 0) is 9.59 Å². The summed E-state index contributed by atoms with van der Waals surface area (Å²) in [4.78, 5) is 30.2. The lowest BCUT2D eigenvalue weighted by Crippen LogP contribution is -2.58. The smallest absolute Gasteiger partial charge is 0.234 e. The van der Waals surface area contributed by atoms with Gasteiger partial charge in [0.2, 0.25) is 12.2 Å². The van der Waals surface area contributed by atoms with Crippen LogP contribution >= 0.6 is 0 Å². The fraction of sp³-hybridized carbons (Fsp3) is 0.867. The van der Waals surface area contributed by atoms with Crippen LogP contribution in [-0.4, -0.2) is 47.3 Å². The summed E-state index contributed by atoms with van der Waals surface area (Å²) >= 11 is 0. The molecule has 0 heterocycles. The zero-order valence-electron chi connectivity index (χ0n) is 13.6. The molecule has 5 heteroatoms. The van der Waals surface area contributed by atoms with Gasteiger partial charge in [0.05, 0.1) is 13.1 Å². The molecular formula is C15H27N3O2. The van der Waals surface area contributed by atoms with Crippen LogP contribution in [0.15, 0.2) is 9.98 Å². The molecule has 0 aliphatic carbocycles. The first kappa shape index (κ1) is 18.7. The molecule has 5 nitrogen and oxygen atoms in total. The third-order valence-corrected chi connectivity index (χ3v) is 3.05. The van der Waals surface area contributed by atoms with E-state index in [1.807, 2.05) is 0 Å². The van der Waals surface area contributed by atoms with Crippen molar-refractivity contribution < 1.29 is 9.59 Å². The zero-order valence-corrected chi connectivity index (χ0v) is 13.6. The first-order chi connectivity index (χ1) is 9.14. The van der Waals surface area contributed by atoms with E-state index in [4.69, 9.17) is 0 Å². The van der Waals surface area contributed by atoms with Gasteiger partial charge in [0.25, 0.3) is 0 Å². The summed E-state index contributed by atoms with van der Waals surface area (Å²) in [5.41, 5.74) is -0.0928. The fourth-order valence-corrected chi connectivity index (χ4v) is 3.00. The Morgan fingerprint density at radius 1 is 0.950 bits per heavy atom. The van der Waals surface area contributed by atoms with E-state index in [0.717, 1.165) is 12.8 Å². The van der Waals surface area contributed by atoms with Gasteiger partial charge in [-0.15, -0.1) is 0 Å². The van der Waals surface area contributed by atoms with Crippen LogP contribution in [0.4, 0.5) is 0 Å². The highest BCUT2D eigenvalue weighted by molar-refractivity contribution is 5.33. The normalized spacial score (nSPS) is 13.6. The van der Waals surface area contributed by atoms with Gasteiger partial charge >= 0.3 is 0 Å². The predicted octanol–water partition coefficient (Wildman–Crippen LogP) is 2.71. The summed E-state index contributed by atoms with van der Waals surface area (Å²) in [7, 11) is 0. The van der Waals surface area contributed by atoms with E-state index in [-0.39, 0.29) is 17.1 Å². The molecule has 0 aromatic heterocycles. The summed E-state index contributed by atoms with van der Waals surface area (Å²) in [6, 6.07) is 0.123. The molecule has 0 amide bonds. The first-order valence-corrected chi connectivity index (χ1v) is 7.01. The minimum Gasteiger partial charge on any atom is -0.289 e. The summed E-state index contributed by atoms with van der Waals surface area (Å²) < 4.78 is 0. The average molecular weight is 281 g/mol. The highest BCUT2D eigenvalue weighted by Gasteiger charge is 2.36. The Labute approximate surface area is 122 Å². The minimum absolute atomic E-state index is 0.0464. The van der Waals surface area contributed by atoms with Crippen LogP contribution in [0.3, 0.4) is 0 Å². The minimum atomic E-state index is -0.0464. The molecule has 1 unspecified atom stereocenters. The van der Waals surface area contributed by atoms with Gasteiger partial charge in [0.15, 0.2) is 0 Å². The van der Waals surface area contributed by atoms with E-state index in [1.165, 1.54) is 0 Å². The Bertz CT molecular complexity index is 367. The number of hydrogen-bond donors (Lipinski definition) is 0. The summed E-state index contributed by atoms with van der Waals surface area (Å²) in [5.74, 6) is 0. The van der Waals surface area contributed by atoms with Crippen LogP contribution in [0.1, 0.15) is 54.4 Å². The van der Waals surface area contributed by atoms with Crippen LogP contribution in [0, 0.1) is 0 Å². The quantitative estimate of drug-likeness (QED) is 0.409. The Balaban J connectivity index is 5.10. The molecule has 0 fully saturated rings. The number of nitrogens with zero attached hydrogens (tertiary/aromatic N) is 3. The third kappa shape index (κ3) is 6.76. The van der Waals surface area contributed by atoms with Crippen molar-refractivity contribution in [3.05, 3.63) is 0 Å². The van der Waals surface area contributed by atoms with Crippen molar-refractivity contribution in [3.63, 3.8) is 0 Å². The van der Waals surface area contributed by atoms with Gasteiger partial charge in [0, 0.05) is 17.1 Å². The van der Waals surface area contributed by atoms with E-state index >= 15 is 0 Å². The van der Waals surface area contributed by atoms with E-state index in [9.17, 15) is 9.59 Å². The summed E-state index contributed by atoms with van der Waals surface area (Å²) in [6.45, 7) is 13.8. The second-order valence-electron chi connectivity index (χ2n) is 6.91. The number of rotatable bonds is 7. The lowest BCUT2D eigenvalue weighted by Gasteiger charge is -2.49. The molecule has 0 bridgehead atoms. The van der Waals surface area contributed by atoms with Crippen molar-refractivity contribution in [2.24, 2.45) is 9.98 Å². The van der Waals surface area contributed by atoms with Gasteiger partial charge in [-0.2, -0.15) is 0 Å². The van der Waals surface area contributed by atoms with Crippen molar-refractivity contribution in [3.8, 4) is 0 Å². The molecule has 114 valence electrons. The molecule has 0 aromatic carbocycles. The van der Waals surface area contributed by atoms with Gasteiger partial charge in [-0.25, -0.2) is 19.6 Å². The van der Waals surface area contributed by atoms with E-state index in [2.05, 4.69) is 56.4 Å². The molecule has 1 atom stereocenters. The largest absolute Gasteiger partial charge is 0.289 e. The van der Waals surface area contributed by atoms with Crippen molar-refractivity contribution in [2.45, 2.75) is 71.5 Å². The van der Waals surface area contributed by atoms with Crippen molar-refractivity contribution in [1.82, 2.24) is 4.90 Å². The highest BCUT2D eigenvalue weighted by Crippen LogP contribution is 2.29. The Morgan fingerprint density at radius 3 is 1.85 bits per heavy atom. The maximum Gasteiger partial charge on any atom is 0.234 e. The molecule has 0 saturated carbocycles. The monoisotopic (exact) mass is 281 g/mol. The van der Waals surface area contributed by atoms with Crippen LogP contribution < -0.4 is 0 Å². The zero-order chi connectivity index (χ0) is 15.8. The molecule has 0 saturated heterocycles. The van der Waals surface area contributed by atoms with Gasteiger partial charge in [0.1, 0.15) is 0 Å². The van der Waals surface area contributed by atoms with E-state index in [1.54, 1.807) is 12.2 Å². The molecular weight excluding hydrogens is 254 g/mol. The fourth-order valence-electron chi connectivity index (χ4n) is 3.00. The second-order valence-corrected chi connectivity index (χ2v) is 6.91. The van der Waals surface area contributed by atoms with Gasteiger partial charge < -0.3 is 0 Å². The molecule has 0 rings (SSSR count). The van der Waals surface area contributed by atoms with E-state index < -0.39 is 0 Å². The van der Waals surface area contributed by atoms with E-state index in [0.29, 0.717) is 13.1 Å². The SMILES string of the molecule is CC(C)(C)N(C(CCCN=C=O)CN=C=O)C(C)(C)C. The maximum absolute atomic E-state index is 10.4. The first-order valence-electron chi connectivity index (χ1n) is 7.01. The second kappa shape index (κ2) is 8.11. The maximum atomic E-state index is 10.4. The topological polar surface area (TPSA) is 62.1 Å². The molecule has 0 aliphatic heterocycles. The lowest BCUT2D eigenvalue weighted by molar-refractivity contribution is -0.00566. The van der Waals surface area contributed by atoms with Crippen LogP contribution in [0.25, 0.3) is 0 Å². The third-order valence-electron chi connectivity index (χ3n) is 3.05. The molecule has 0 radical (unpaired) electrons. The number of isocyanates is 2. The molecule has 0 aliphatic rings. The number of carbonyl (C=O) groups excluding carboxylic acids is 2. The van der Waals surface area contributed by atoms with Crippen LogP contribution in [0.2, 0.25) is 0 Å². The van der Waals surface area contributed by atoms with Gasteiger partial charge in [-0.1, -0.05) is 0 Å². The molecule has 0 aromatic rings. The molecule has 0 spiro atoms. The number of aliphatic imine (C=N–C) groups is 2. The molecule has 20 heavy (non-hydrogen) atoms. The lowest BCUT2D eigenvalue weighted by atomic mass is 9.91.